The highest BCUT2D eigenvalue weighted by molar-refractivity contribution is 7.91. The molecule has 1 atom stereocenters. The van der Waals surface area contributed by atoms with E-state index in [-0.39, 0.29) is 35.9 Å². The average molecular weight is 345 g/mol. The number of carbonyl (C=O) groups is 2. The lowest BCUT2D eigenvalue weighted by Crippen LogP contribution is -2.50. The van der Waals surface area contributed by atoms with Crippen molar-refractivity contribution in [3.8, 4) is 0 Å². The molecule has 0 bridgehead atoms. The molecule has 8 heteroatoms. The quantitative estimate of drug-likeness (QED) is 0.684. The van der Waals surface area contributed by atoms with Crippen molar-refractivity contribution in [2.24, 2.45) is 11.1 Å². The van der Waals surface area contributed by atoms with Gasteiger partial charge in [0.25, 0.3) is 0 Å². The van der Waals surface area contributed by atoms with Gasteiger partial charge in [0.1, 0.15) is 0 Å². The number of rotatable bonds is 6. The van der Waals surface area contributed by atoms with Crippen molar-refractivity contribution in [1.82, 2.24) is 10.2 Å². The summed E-state index contributed by atoms with van der Waals surface area (Å²) < 4.78 is 22.9. The summed E-state index contributed by atoms with van der Waals surface area (Å²) in [6.45, 7) is 2.56. The molecule has 132 valence electrons. The molecule has 0 aromatic heterocycles. The molecule has 2 amide bonds. The van der Waals surface area contributed by atoms with Gasteiger partial charge >= 0.3 is 0 Å². The predicted molar refractivity (Wildman–Crippen MR) is 87.4 cm³/mol. The van der Waals surface area contributed by atoms with Gasteiger partial charge in [-0.05, 0) is 26.2 Å². The summed E-state index contributed by atoms with van der Waals surface area (Å²) in [5.41, 5.74) is 5.32. The van der Waals surface area contributed by atoms with Crippen molar-refractivity contribution in [1.29, 1.82) is 0 Å². The summed E-state index contributed by atoms with van der Waals surface area (Å²) in [6, 6.07) is -0.337. The van der Waals surface area contributed by atoms with Gasteiger partial charge in [-0.2, -0.15) is 0 Å². The summed E-state index contributed by atoms with van der Waals surface area (Å²) in [6.07, 6.45) is 3.99. The molecule has 0 aromatic carbocycles. The Labute approximate surface area is 137 Å². The fourth-order valence-electron chi connectivity index (χ4n) is 3.58. The average Bonchev–Trinajstić information content (AvgIpc) is 3.11. The largest absolute Gasteiger partial charge is 0.351 e. The number of carbonyl (C=O) groups excluding carboxylic acids is 2. The number of amides is 2. The van der Waals surface area contributed by atoms with Crippen LogP contribution in [0, 0.1) is 5.41 Å². The zero-order valence-electron chi connectivity index (χ0n) is 13.7. The first-order valence-electron chi connectivity index (χ1n) is 8.31. The van der Waals surface area contributed by atoms with Gasteiger partial charge < -0.3 is 16.0 Å². The fraction of sp³-hybridized carbons (Fsp3) is 0.867. The minimum atomic E-state index is -3.03. The summed E-state index contributed by atoms with van der Waals surface area (Å²) in [5.74, 6) is -0.238. The molecule has 1 aliphatic heterocycles. The molecule has 0 spiro atoms. The Balaban J connectivity index is 1.93. The third-order valence-electron chi connectivity index (χ3n) is 5.01. The molecule has 1 heterocycles. The van der Waals surface area contributed by atoms with E-state index in [4.69, 9.17) is 5.73 Å². The van der Waals surface area contributed by atoms with Crippen LogP contribution in [-0.2, 0) is 19.4 Å². The van der Waals surface area contributed by atoms with E-state index in [1.165, 1.54) is 4.90 Å². The molecule has 3 N–H and O–H groups in total. The van der Waals surface area contributed by atoms with Crippen LogP contribution in [0.3, 0.4) is 0 Å². The van der Waals surface area contributed by atoms with Gasteiger partial charge in [0.15, 0.2) is 9.84 Å². The predicted octanol–water partition coefficient (Wildman–Crippen LogP) is -0.343. The van der Waals surface area contributed by atoms with Gasteiger partial charge in [0.05, 0.1) is 23.5 Å². The van der Waals surface area contributed by atoms with Gasteiger partial charge in [-0.25, -0.2) is 8.42 Å². The van der Waals surface area contributed by atoms with Gasteiger partial charge in [0.2, 0.25) is 11.8 Å². The van der Waals surface area contributed by atoms with E-state index in [2.05, 4.69) is 5.32 Å². The first kappa shape index (κ1) is 18.2. The standard InChI is InChI=1S/C15H27N3O4S/c1-2-18(14(20)15(11-16)6-3-4-7-15)9-13(19)17-12-5-8-23(21,22)10-12/h12H,2-11,16H2,1H3,(H,17,19). The Kier molecular flexibility index (Phi) is 5.67. The van der Waals surface area contributed by atoms with Crippen molar-refractivity contribution in [2.75, 3.05) is 31.1 Å². The number of nitrogens with zero attached hydrogens (tertiary/aromatic N) is 1. The SMILES string of the molecule is CCN(CC(=O)NC1CCS(=O)(=O)C1)C(=O)C1(CN)CCCC1. The summed E-state index contributed by atoms with van der Waals surface area (Å²) in [4.78, 5) is 26.5. The molecule has 1 saturated carbocycles. The molecule has 23 heavy (non-hydrogen) atoms. The lowest BCUT2D eigenvalue weighted by Gasteiger charge is -2.32. The van der Waals surface area contributed by atoms with Crippen LogP contribution in [0.4, 0.5) is 0 Å². The van der Waals surface area contributed by atoms with E-state index in [9.17, 15) is 18.0 Å². The minimum Gasteiger partial charge on any atom is -0.351 e. The van der Waals surface area contributed by atoms with Crippen molar-refractivity contribution < 1.29 is 18.0 Å². The smallest absolute Gasteiger partial charge is 0.239 e. The van der Waals surface area contributed by atoms with Crippen LogP contribution in [0.15, 0.2) is 0 Å². The van der Waals surface area contributed by atoms with Crippen molar-refractivity contribution in [3.63, 3.8) is 0 Å². The highest BCUT2D eigenvalue weighted by Gasteiger charge is 2.42. The van der Waals surface area contributed by atoms with Crippen LogP contribution in [0.25, 0.3) is 0 Å². The van der Waals surface area contributed by atoms with Crippen LogP contribution in [0.2, 0.25) is 0 Å². The molecular weight excluding hydrogens is 318 g/mol. The highest BCUT2D eigenvalue weighted by Crippen LogP contribution is 2.38. The van der Waals surface area contributed by atoms with E-state index in [0.29, 0.717) is 19.5 Å². The number of hydrogen-bond donors (Lipinski definition) is 2. The number of hydrogen-bond acceptors (Lipinski definition) is 5. The molecule has 7 nitrogen and oxygen atoms in total. The topological polar surface area (TPSA) is 110 Å². The van der Waals surface area contributed by atoms with Gasteiger partial charge in [-0.15, -0.1) is 0 Å². The Morgan fingerprint density at radius 2 is 1.96 bits per heavy atom. The second kappa shape index (κ2) is 7.17. The molecule has 0 aromatic rings. The molecule has 2 rings (SSSR count). The normalized spacial score (nSPS) is 25.2. The van der Waals surface area contributed by atoms with Crippen LogP contribution < -0.4 is 11.1 Å². The minimum absolute atomic E-state index is 0.00838. The molecule has 0 radical (unpaired) electrons. The zero-order chi connectivity index (χ0) is 17.1. The van der Waals surface area contributed by atoms with Gasteiger partial charge in [0, 0.05) is 19.1 Å². The zero-order valence-corrected chi connectivity index (χ0v) is 14.5. The monoisotopic (exact) mass is 345 g/mol. The van der Waals surface area contributed by atoms with E-state index < -0.39 is 15.3 Å². The number of likely N-dealkylation sites (N-methyl/N-ethyl adjacent to an activating group) is 1. The molecule has 1 aliphatic carbocycles. The Bertz CT molecular complexity index is 555. The molecule has 1 unspecified atom stereocenters. The molecular formula is C15H27N3O4S. The highest BCUT2D eigenvalue weighted by atomic mass is 32.2. The third-order valence-corrected chi connectivity index (χ3v) is 6.77. The third kappa shape index (κ3) is 4.23. The van der Waals surface area contributed by atoms with Crippen LogP contribution >= 0.6 is 0 Å². The number of sulfone groups is 1. The maximum absolute atomic E-state index is 12.8. The Hall–Kier alpha value is -1.15. The molecule has 1 saturated heterocycles. The summed E-state index contributed by atoms with van der Waals surface area (Å²) in [7, 11) is -3.03. The van der Waals surface area contributed by atoms with Crippen molar-refractivity contribution in [3.05, 3.63) is 0 Å². The first-order chi connectivity index (χ1) is 10.8. The second-order valence-electron chi connectivity index (χ2n) is 6.68. The van der Waals surface area contributed by atoms with E-state index >= 15 is 0 Å². The summed E-state index contributed by atoms with van der Waals surface area (Å²) in [5, 5.41) is 2.73. The second-order valence-corrected chi connectivity index (χ2v) is 8.91. The Morgan fingerprint density at radius 1 is 1.30 bits per heavy atom. The molecule has 2 aliphatic rings. The van der Waals surface area contributed by atoms with Crippen molar-refractivity contribution in [2.45, 2.75) is 45.1 Å². The maximum Gasteiger partial charge on any atom is 0.239 e. The fourth-order valence-corrected chi connectivity index (χ4v) is 5.25. The van der Waals surface area contributed by atoms with Crippen molar-refractivity contribution >= 4 is 21.7 Å². The number of nitrogens with one attached hydrogen (secondary N) is 1. The van der Waals surface area contributed by atoms with Gasteiger partial charge in [-0.3, -0.25) is 9.59 Å². The Morgan fingerprint density at radius 3 is 2.43 bits per heavy atom. The lowest BCUT2D eigenvalue weighted by atomic mass is 9.84. The first-order valence-corrected chi connectivity index (χ1v) is 10.1. The van der Waals surface area contributed by atoms with E-state index in [0.717, 1.165) is 25.7 Å². The van der Waals surface area contributed by atoms with E-state index in [1.54, 1.807) is 0 Å². The van der Waals surface area contributed by atoms with Crippen LogP contribution in [-0.4, -0.2) is 62.3 Å². The van der Waals surface area contributed by atoms with Crippen LogP contribution in [0.1, 0.15) is 39.0 Å². The molecule has 2 fully saturated rings. The lowest BCUT2D eigenvalue weighted by molar-refractivity contribution is -0.144. The van der Waals surface area contributed by atoms with E-state index in [1.807, 2.05) is 6.92 Å². The van der Waals surface area contributed by atoms with Gasteiger partial charge in [-0.1, -0.05) is 12.8 Å². The number of nitrogens with two attached hydrogens (primary N) is 1. The summed E-state index contributed by atoms with van der Waals surface area (Å²) >= 11 is 0. The maximum atomic E-state index is 12.8. The van der Waals surface area contributed by atoms with Crippen LogP contribution in [0.5, 0.6) is 0 Å².